The van der Waals surface area contributed by atoms with E-state index in [0.29, 0.717) is 28.8 Å². The molecule has 2 aromatic carbocycles. The third-order valence-corrected chi connectivity index (χ3v) is 5.84. The predicted molar refractivity (Wildman–Crippen MR) is 125 cm³/mol. The van der Waals surface area contributed by atoms with Crippen molar-refractivity contribution in [3.8, 4) is 5.75 Å². The molecule has 0 bridgehead atoms. The van der Waals surface area contributed by atoms with E-state index >= 15 is 0 Å². The van der Waals surface area contributed by atoms with Crippen LogP contribution in [-0.2, 0) is 17.9 Å². The van der Waals surface area contributed by atoms with Crippen LogP contribution in [0.2, 0.25) is 0 Å². The third kappa shape index (κ3) is 5.88. The smallest absolute Gasteiger partial charge is 0.251 e. The Hall–Kier alpha value is -3.33. The number of methoxy groups -OCH3 is 1. The molecule has 168 valence electrons. The van der Waals surface area contributed by atoms with Gasteiger partial charge in [-0.3, -0.25) is 9.59 Å². The molecule has 0 aliphatic rings. The number of aryl methyl sites for hydroxylation is 2. The second kappa shape index (κ2) is 10.8. The van der Waals surface area contributed by atoms with Crippen LogP contribution in [0, 0.1) is 13.8 Å². The van der Waals surface area contributed by atoms with E-state index in [4.69, 9.17) is 4.74 Å². The van der Waals surface area contributed by atoms with Crippen LogP contribution in [0.4, 0.5) is 5.69 Å². The van der Waals surface area contributed by atoms with Gasteiger partial charge in [0.25, 0.3) is 5.91 Å². The number of hydrogen-bond donors (Lipinski definition) is 2. The lowest BCUT2D eigenvalue weighted by Crippen LogP contribution is -2.24. The van der Waals surface area contributed by atoms with Crippen LogP contribution >= 0.6 is 11.8 Å². The number of thioether (sulfide) groups is 1. The molecule has 0 aliphatic carbocycles. The number of amides is 2. The Labute approximate surface area is 191 Å². The molecule has 2 amide bonds. The fourth-order valence-corrected chi connectivity index (χ4v) is 3.89. The molecule has 1 heterocycles. The zero-order chi connectivity index (χ0) is 23.1. The summed E-state index contributed by atoms with van der Waals surface area (Å²) in [5.41, 5.74) is 3.45. The number of hydrogen-bond acceptors (Lipinski definition) is 6. The first-order chi connectivity index (χ1) is 15.4. The monoisotopic (exact) mass is 453 g/mol. The highest BCUT2D eigenvalue weighted by atomic mass is 32.2. The summed E-state index contributed by atoms with van der Waals surface area (Å²) in [5, 5.41) is 14.8. The Morgan fingerprint density at radius 2 is 1.84 bits per heavy atom. The number of anilines is 1. The minimum Gasteiger partial charge on any atom is -0.497 e. The van der Waals surface area contributed by atoms with Gasteiger partial charge in [-0.15, -0.1) is 10.2 Å². The number of rotatable bonds is 9. The van der Waals surface area contributed by atoms with Gasteiger partial charge in [0.15, 0.2) is 11.0 Å². The summed E-state index contributed by atoms with van der Waals surface area (Å²) in [6.07, 6.45) is 0. The van der Waals surface area contributed by atoms with E-state index < -0.39 is 0 Å². The number of benzene rings is 2. The number of carbonyl (C=O) groups excluding carboxylic acids is 2. The van der Waals surface area contributed by atoms with E-state index in [-0.39, 0.29) is 24.1 Å². The molecule has 0 unspecified atom stereocenters. The molecule has 0 saturated carbocycles. The van der Waals surface area contributed by atoms with Gasteiger partial charge >= 0.3 is 0 Å². The molecule has 9 heteroatoms. The average Bonchev–Trinajstić information content (AvgIpc) is 3.20. The Kier molecular flexibility index (Phi) is 7.88. The second-order valence-electron chi connectivity index (χ2n) is 7.21. The number of aromatic nitrogens is 3. The van der Waals surface area contributed by atoms with Crippen LogP contribution in [0.25, 0.3) is 0 Å². The van der Waals surface area contributed by atoms with Gasteiger partial charge < -0.3 is 19.9 Å². The van der Waals surface area contributed by atoms with Crippen molar-refractivity contribution in [2.24, 2.45) is 0 Å². The Morgan fingerprint density at radius 1 is 1.09 bits per heavy atom. The largest absolute Gasteiger partial charge is 0.497 e. The first-order valence-electron chi connectivity index (χ1n) is 10.3. The molecule has 0 fully saturated rings. The molecule has 1 aromatic heterocycles. The van der Waals surface area contributed by atoms with Crippen LogP contribution in [0.3, 0.4) is 0 Å². The maximum absolute atomic E-state index is 12.4. The number of nitrogens with one attached hydrogen (secondary N) is 2. The summed E-state index contributed by atoms with van der Waals surface area (Å²) in [7, 11) is 1.58. The van der Waals surface area contributed by atoms with Gasteiger partial charge in [-0.1, -0.05) is 23.9 Å². The molecule has 0 saturated heterocycles. The van der Waals surface area contributed by atoms with Crippen molar-refractivity contribution in [2.45, 2.75) is 39.0 Å². The Bertz CT molecular complexity index is 1100. The van der Waals surface area contributed by atoms with Crippen molar-refractivity contribution in [3.05, 3.63) is 65.0 Å². The standard InChI is InChI=1S/C23H27N5O3S/c1-5-28-20(13-24-22(30)17-8-10-18(31-4)11-9-17)26-27-23(28)32-14-21(29)25-19-12-15(2)6-7-16(19)3/h6-12H,5,13-14H2,1-4H3,(H,24,30)(H,25,29). The third-order valence-electron chi connectivity index (χ3n) is 4.87. The molecule has 8 nitrogen and oxygen atoms in total. The number of carbonyl (C=O) groups is 2. The minimum absolute atomic E-state index is 0.108. The van der Waals surface area contributed by atoms with Crippen molar-refractivity contribution in [3.63, 3.8) is 0 Å². The fourth-order valence-electron chi connectivity index (χ4n) is 3.06. The second-order valence-corrected chi connectivity index (χ2v) is 8.15. The van der Waals surface area contributed by atoms with Gasteiger partial charge in [0.1, 0.15) is 5.75 Å². The van der Waals surface area contributed by atoms with E-state index in [2.05, 4.69) is 20.8 Å². The highest BCUT2D eigenvalue weighted by Gasteiger charge is 2.15. The summed E-state index contributed by atoms with van der Waals surface area (Å²) in [6, 6.07) is 12.8. The van der Waals surface area contributed by atoms with Crippen molar-refractivity contribution in [2.75, 3.05) is 18.2 Å². The molecule has 3 rings (SSSR count). The van der Waals surface area contributed by atoms with Gasteiger partial charge in [-0.2, -0.15) is 0 Å². The SMILES string of the molecule is CCn1c(CNC(=O)c2ccc(OC)cc2)nnc1SCC(=O)Nc1cc(C)ccc1C. The Morgan fingerprint density at radius 3 is 2.53 bits per heavy atom. The lowest BCUT2D eigenvalue weighted by atomic mass is 10.1. The topological polar surface area (TPSA) is 98.1 Å². The van der Waals surface area contributed by atoms with Crippen molar-refractivity contribution in [1.82, 2.24) is 20.1 Å². The van der Waals surface area contributed by atoms with Gasteiger partial charge in [0.2, 0.25) is 5.91 Å². The highest BCUT2D eigenvalue weighted by Crippen LogP contribution is 2.20. The summed E-state index contributed by atoms with van der Waals surface area (Å²) in [4.78, 5) is 24.8. The first kappa shape index (κ1) is 23.3. The lowest BCUT2D eigenvalue weighted by molar-refractivity contribution is -0.113. The fraction of sp³-hybridized carbons (Fsp3) is 0.304. The maximum atomic E-state index is 12.4. The number of nitrogens with zero attached hydrogens (tertiary/aromatic N) is 3. The quantitative estimate of drug-likeness (QED) is 0.481. The van der Waals surface area contributed by atoms with E-state index in [1.807, 2.05) is 43.5 Å². The summed E-state index contributed by atoms with van der Waals surface area (Å²) < 4.78 is 7.00. The van der Waals surface area contributed by atoms with E-state index in [0.717, 1.165) is 16.8 Å². The Balaban J connectivity index is 1.57. The molecule has 0 spiro atoms. The molecule has 0 atom stereocenters. The van der Waals surface area contributed by atoms with Gasteiger partial charge in [0, 0.05) is 17.8 Å². The summed E-state index contributed by atoms with van der Waals surface area (Å²) in [5.74, 6) is 1.22. The molecule has 0 radical (unpaired) electrons. The van der Waals surface area contributed by atoms with Crippen molar-refractivity contribution in [1.29, 1.82) is 0 Å². The van der Waals surface area contributed by atoms with Crippen LogP contribution < -0.4 is 15.4 Å². The molecular weight excluding hydrogens is 426 g/mol. The van der Waals surface area contributed by atoms with Crippen molar-refractivity contribution < 1.29 is 14.3 Å². The van der Waals surface area contributed by atoms with Gasteiger partial charge in [0.05, 0.1) is 19.4 Å². The van der Waals surface area contributed by atoms with Gasteiger partial charge in [-0.25, -0.2) is 0 Å². The molecule has 2 N–H and O–H groups in total. The maximum Gasteiger partial charge on any atom is 0.251 e. The first-order valence-corrected chi connectivity index (χ1v) is 11.2. The number of ether oxygens (including phenoxy) is 1. The van der Waals surface area contributed by atoms with Crippen LogP contribution in [0.15, 0.2) is 47.6 Å². The van der Waals surface area contributed by atoms with E-state index in [9.17, 15) is 9.59 Å². The zero-order valence-electron chi connectivity index (χ0n) is 18.6. The predicted octanol–water partition coefficient (Wildman–Crippen LogP) is 3.58. The van der Waals surface area contributed by atoms with Crippen LogP contribution in [0.5, 0.6) is 5.75 Å². The summed E-state index contributed by atoms with van der Waals surface area (Å²) >= 11 is 1.32. The van der Waals surface area contributed by atoms with Crippen LogP contribution in [0.1, 0.15) is 34.2 Å². The minimum atomic E-state index is -0.208. The van der Waals surface area contributed by atoms with Crippen molar-refractivity contribution >= 4 is 29.3 Å². The molecule has 3 aromatic rings. The summed E-state index contributed by atoms with van der Waals surface area (Å²) in [6.45, 7) is 6.78. The van der Waals surface area contributed by atoms with E-state index in [1.165, 1.54) is 11.8 Å². The molecule has 0 aliphatic heterocycles. The zero-order valence-corrected chi connectivity index (χ0v) is 19.5. The highest BCUT2D eigenvalue weighted by molar-refractivity contribution is 7.99. The normalized spacial score (nSPS) is 10.6. The molecular formula is C23H27N5O3S. The molecule has 32 heavy (non-hydrogen) atoms. The lowest BCUT2D eigenvalue weighted by Gasteiger charge is -2.10. The average molecular weight is 454 g/mol. The van der Waals surface area contributed by atoms with Gasteiger partial charge in [-0.05, 0) is 62.2 Å². The van der Waals surface area contributed by atoms with Crippen LogP contribution in [-0.4, -0.2) is 39.4 Å². The van der Waals surface area contributed by atoms with E-state index in [1.54, 1.807) is 31.4 Å².